The molecule has 10 heteroatoms. The second-order valence-electron chi connectivity index (χ2n) is 6.46. The Kier molecular flexibility index (Phi) is 5.03. The highest BCUT2D eigenvalue weighted by atomic mass is 19.4. The summed E-state index contributed by atoms with van der Waals surface area (Å²) < 4.78 is 58.7. The predicted molar refractivity (Wildman–Crippen MR) is 85.9 cm³/mol. The van der Waals surface area contributed by atoms with Crippen LogP contribution >= 0.6 is 0 Å². The SMILES string of the molecule is N[C@H]1CC[C@H](CNc2cc(-c3n[nH]c(=O)o3)cc(F)c2C(F)(F)F)CC1. The van der Waals surface area contributed by atoms with E-state index >= 15 is 0 Å². The van der Waals surface area contributed by atoms with Crippen molar-refractivity contribution in [2.45, 2.75) is 37.9 Å². The van der Waals surface area contributed by atoms with Crippen molar-refractivity contribution in [3.05, 3.63) is 34.1 Å². The largest absolute Gasteiger partial charge is 0.434 e. The van der Waals surface area contributed by atoms with Crippen LogP contribution in [-0.2, 0) is 6.18 Å². The normalized spacial score (nSPS) is 21.0. The number of benzene rings is 1. The molecule has 26 heavy (non-hydrogen) atoms. The Bertz CT molecular complexity index is 822. The maximum Gasteiger partial charge on any atom is 0.434 e. The van der Waals surface area contributed by atoms with Crippen LogP contribution in [0.25, 0.3) is 11.5 Å². The monoisotopic (exact) mass is 374 g/mol. The zero-order valence-electron chi connectivity index (χ0n) is 13.7. The van der Waals surface area contributed by atoms with E-state index in [1.54, 1.807) is 0 Å². The lowest BCUT2D eigenvalue weighted by molar-refractivity contribution is -0.139. The molecule has 0 bridgehead atoms. The van der Waals surface area contributed by atoms with E-state index in [2.05, 4.69) is 10.4 Å². The first-order chi connectivity index (χ1) is 12.2. The van der Waals surface area contributed by atoms with Gasteiger partial charge in [-0.05, 0) is 43.7 Å². The maximum absolute atomic E-state index is 14.2. The predicted octanol–water partition coefficient (Wildman–Crippen LogP) is 3.12. The van der Waals surface area contributed by atoms with E-state index < -0.39 is 29.0 Å². The Morgan fingerprint density at radius 1 is 1.27 bits per heavy atom. The van der Waals surface area contributed by atoms with Gasteiger partial charge in [-0.15, -0.1) is 5.10 Å². The lowest BCUT2D eigenvalue weighted by Crippen LogP contribution is -2.29. The summed E-state index contributed by atoms with van der Waals surface area (Å²) in [6.07, 6.45) is -1.65. The van der Waals surface area contributed by atoms with Crippen molar-refractivity contribution in [2.75, 3.05) is 11.9 Å². The van der Waals surface area contributed by atoms with E-state index in [4.69, 9.17) is 10.2 Å². The fourth-order valence-electron chi connectivity index (χ4n) is 3.16. The van der Waals surface area contributed by atoms with Crippen LogP contribution in [0.1, 0.15) is 31.2 Å². The van der Waals surface area contributed by atoms with Gasteiger partial charge in [-0.2, -0.15) is 13.2 Å². The smallest absolute Gasteiger partial charge is 0.388 e. The number of halogens is 4. The first-order valence-corrected chi connectivity index (χ1v) is 8.20. The van der Waals surface area contributed by atoms with Gasteiger partial charge in [0.2, 0.25) is 5.89 Å². The van der Waals surface area contributed by atoms with E-state index in [0.717, 1.165) is 31.7 Å². The molecule has 1 aliphatic carbocycles. The number of H-pyrrole nitrogens is 1. The molecule has 1 aromatic heterocycles. The van der Waals surface area contributed by atoms with Crippen molar-refractivity contribution in [3.8, 4) is 11.5 Å². The molecule has 1 aliphatic rings. The number of aromatic amines is 1. The van der Waals surface area contributed by atoms with E-state index in [-0.39, 0.29) is 30.0 Å². The summed E-state index contributed by atoms with van der Waals surface area (Å²) >= 11 is 0. The van der Waals surface area contributed by atoms with Gasteiger partial charge in [0.05, 0.1) is 5.69 Å². The number of nitrogens with zero attached hydrogens (tertiary/aromatic N) is 1. The molecule has 0 atom stereocenters. The molecular weight excluding hydrogens is 356 g/mol. The molecule has 0 unspecified atom stereocenters. The van der Waals surface area contributed by atoms with Crippen molar-refractivity contribution in [3.63, 3.8) is 0 Å². The fourth-order valence-corrected chi connectivity index (χ4v) is 3.16. The lowest BCUT2D eigenvalue weighted by atomic mass is 9.86. The van der Waals surface area contributed by atoms with Crippen LogP contribution in [0.3, 0.4) is 0 Å². The lowest BCUT2D eigenvalue weighted by Gasteiger charge is -2.27. The molecule has 0 aliphatic heterocycles. The minimum atomic E-state index is -4.87. The minimum Gasteiger partial charge on any atom is -0.388 e. The molecule has 4 N–H and O–H groups in total. The van der Waals surface area contributed by atoms with Crippen LogP contribution in [0.15, 0.2) is 21.3 Å². The average molecular weight is 374 g/mol. The fraction of sp³-hybridized carbons (Fsp3) is 0.500. The van der Waals surface area contributed by atoms with Crippen LogP contribution in [0.5, 0.6) is 0 Å². The number of nitrogens with one attached hydrogen (secondary N) is 2. The molecule has 0 amide bonds. The third-order valence-electron chi connectivity index (χ3n) is 4.53. The Labute approximate surface area is 145 Å². The second-order valence-corrected chi connectivity index (χ2v) is 6.46. The number of anilines is 1. The van der Waals surface area contributed by atoms with Gasteiger partial charge in [0.15, 0.2) is 0 Å². The Morgan fingerprint density at radius 3 is 2.54 bits per heavy atom. The van der Waals surface area contributed by atoms with Crippen LogP contribution in [-0.4, -0.2) is 22.8 Å². The van der Waals surface area contributed by atoms with Crippen molar-refractivity contribution in [1.82, 2.24) is 10.2 Å². The van der Waals surface area contributed by atoms with E-state index in [9.17, 15) is 22.4 Å². The van der Waals surface area contributed by atoms with Gasteiger partial charge < -0.3 is 15.5 Å². The van der Waals surface area contributed by atoms with Gasteiger partial charge in [0.25, 0.3) is 0 Å². The van der Waals surface area contributed by atoms with E-state index in [0.29, 0.717) is 6.07 Å². The molecule has 2 aromatic rings. The van der Waals surface area contributed by atoms with Crippen LogP contribution in [0, 0.1) is 11.7 Å². The maximum atomic E-state index is 14.2. The number of hydrogen-bond donors (Lipinski definition) is 3. The highest BCUT2D eigenvalue weighted by molar-refractivity contribution is 5.65. The molecule has 6 nitrogen and oxygen atoms in total. The number of hydrogen-bond acceptors (Lipinski definition) is 5. The highest BCUT2D eigenvalue weighted by Gasteiger charge is 2.38. The molecule has 0 spiro atoms. The minimum absolute atomic E-state index is 0.0676. The summed E-state index contributed by atoms with van der Waals surface area (Å²) in [6.45, 7) is 0.267. The van der Waals surface area contributed by atoms with Gasteiger partial charge in [0.1, 0.15) is 11.4 Å². The third-order valence-corrected chi connectivity index (χ3v) is 4.53. The first-order valence-electron chi connectivity index (χ1n) is 8.20. The number of nitrogens with two attached hydrogens (primary N) is 1. The zero-order chi connectivity index (χ0) is 18.9. The van der Waals surface area contributed by atoms with Gasteiger partial charge in [-0.25, -0.2) is 14.3 Å². The Balaban J connectivity index is 1.89. The van der Waals surface area contributed by atoms with Crippen LogP contribution < -0.4 is 16.8 Å². The molecule has 1 saturated carbocycles. The standard InChI is InChI=1S/C16H18F4N4O2/c17-11-5-9(14-23-24-15(25)26-14)6-12(13(11)16(18,19)20)22-7-8-1-3-10(21)4-2-8/h5-6,8,10,22H,1-4,7,21H2,(H,24,25)/t8-,10-. The third kappa shape index (κ3) is 4.06. The van der Waals surface area contributed by atoms with Crippen LogP contribution in [0.4, 0.5) is 23.2 Å². The van der Waals surface area contributed by atoms with Gasteiger partial charge in [-0.3, -0.25) is 0 Å². The molecule has 142 valence electrons. The van der Waals surface area contributed by atoms with Crippen molar-refractivity contribution < 1.29 is 22.0 Å². The number of alkyl halides is 3. The first kappa shape index (κ1) is 18.4. The van der Waals surface area contributed by atoms with Crippen LogP contribution in [0.2, 0.25) is 0 Å². The van der Waals surface area contributed by atoms with E-state index in [1.807, 2.05) is 5.10 Å². The Morgan fingerprint density at radius 2 is 1.96 bits per heavy atom. The molecule has 0 saturated heterocycles. The van der Waals surface area contributed by atoms with Gasteiger partial charge in [-0.1, -0.05) is 0 Å². The van der Waals surface area contributed by atoms with Gasteiger partial charge >= 0.3 is 11.9 Å². The molecule has 1 heterocycles. The topological polar surface area (TPSA) is 96.9 Å². The summed E-state index contributed by atoms with van der Waals surface area (Å²) in [5, 5.41) is 8.22. The number of aromatic nitrogens is 2. The summed E-state index contributed by atoms with van der Waals surface area (Å²) in [5.41, 5.74) is 3.97. The molecular formula is C16H18F4N4O2. The van der Waals surface area contributed by atoms with Crippen molar-refractivity contribution in [1.29, 1.82) is 0 Å². The summed E-state index contributed by atoms with van der Waals surface area (Å²) in [4.78, 5) is 11.0. The average Bonchev–Trinajstić information content (AvgIpc) is 2.99. The summed E-state index contributed by atoms with van der Waals surface area (Å²) in [7, 11) is 0. The Hall–Kier alpha value is -2.36. The summed E-state index contributed by atoms with van der Waals surface area (Å²) in [6, 6.07) is 1.85. The van der Waals surface area contributed by atoms with Gasteiger partial charge in [0, 0.05) is 18.2 Å². The highest BCUT2D eigenvalue weighted by Crippen LogP contribution is 2.39. The zero-order valence-corrected chi connectivity index (χ0v) is 13.7. The number of rotatable bonds is 4. The van der Waals surface area contributed by atoms with E-state index in [1.165, 1.54) is 0 Å². The molecule has 1 aromatic carbocycles. The van der Waals surface area contributed by atoms with Crippen molar-refractivity contribution in [2.24, 2.45) is 11.7 Å². The molecule has 1 fully saturated rings. The second kappa shape index (κ2) is 7.10. The van der Waals surface area contributed by atoms with Crippen molar-refractivity contribution >= 4 is 5.69 Å². The summed E-state index contributed by atoms with van der Waals surface area (Å²) in [5.74, 6) is -2.47. The molecule has 0 radical (unpaired) electrons. The quantitative estimate of drug-likeness (QED) is 0.715. The molecule has 3 rings (SSSR count).